The van der Waals surface area contributed by atoms with Gasteiger partial charge < -0.3 is 14.2 Å². The van der Waals surface area contributed by atoms with Crippen LogP contribution >= 0.6 is 0 Å². The van der Waals surface area contributed by atoms with Crippen molar-refractivity contribution in [3.8, 4) is 5.75 Å². The molecule has 1 aromatic rings. The average molecular weight is 322 g/mol. The van der Waals surface area contributed by atoms with Gasteiger partial charge in [-0.1, -0.05) is 38.0 Å². The fraction of sp³-hybridized carbons (Fsp3) is 0.556. The molecule has 23 heavy (non-hydrogen) atoms. The van der Waals surface area contributed by atoms with Crippen LogP contribution in [0.15, 0.2) is 24.3 Å². The van der Waals surface area contributed by atoms with E-state index < -0.39 is 0 Å². The average Bonchev–Trinajstić information content (AvgIpc) is 2.57. The zero-order chi connectivity index (χ0) is 16.9. The molecule has 128 valence electrons. The van der Waals surface area contributed by atoms with Gasteiger partial charge in [-0.25, -0.2) is 0 Å². The monoisotopic (exact) mass is 322 g/mol. The minimum atomic E-state index is -0.324. The van der Waals surface area contributed by atoms with E-state index in [2.05, 4.69) is 6.92 Å². The third-order valence-corrected chi connectivity index (χ3v) is 3.35. The summed E-state index contributed by atoms with van der Waals surface area (Å²) < 4.78 is 15.5. The lowest BCUT2D eigenvalue weighted by atomic mass is 10.2. The van der Waals surface area contributed by atoms with Crippen molar-refractivity contribution in [3.63, 3.8) is 0 Å². The molecule has 0 amide bonds. The second-order valence-electron chi connectivity index (χ2n) is 5.25. The molecule has 0 aliphatic heterocycles. The molecule has 0 bridgehead atoms. The molecule has 5 heteroatoms. The van der Waals surface area contributed by atoms with Crippen LogP contribution in [0.2, 0.25) is 0 Å². The lowest BCUT2D eigenvalue weighted by Gasteiger charge is -2.09. The van der Waals surface area contributed by atoms with Crippen molar-refractivity contribution in [2.75, 3.05) is 13.7 Å². The molecular formula is C18H26O5. The van der Waals surface area contributed by atoms with E-state index in [0.717, 1.165) is 24.8 Å². The van der Waals surface area contributed by atoms with Gasteiger partial charge in [0.2, 0.25) is 0 Å². The maximum absolute atomic E-state index is 11.7. The van der Waals surface area contributed by atoms with Crippen LogP contribution in [0.3, 0.4) is 0 Å². The van der Waals surface area contributed by atoms with Crippen LogP contribution in [-0.4, -0.2) is 25.7 Å². The second-order valence-corrected chi connectivity index (χ2v) is 5.25. The summed E-state index contributed by atoms with van der Waals surface area (Å²) in [5.41, 5.74) is 0.818. The zero-order valence-corrected chi connectivity index (χ0v) is 14.0. The first kappa shape index (κ1) is 19.0. The molecule has 0 spiro atoms. The van der Waals surface area contributed by atoms with E-state index in [1.807, 2.05) is 24.3 Å². The molecule has 0 heterocycles. The van der Waals surface area contributed by atoms with Crippen LogP contribution in [0.1, 0.15) is 51.0 Å². The molecule has 5 nitrogen and oxygen atoms in total. The highest BCUT2D eigenvalue weighted by atomic mass is 16.5. The van der Waals surface area contributed by atoms with Gasteiger partial charge in [0, 0.05) is 18.4 Å². The van der Waals surface area contributed by atoms with Crippen molar-refractivity contribution in [1.29, 1.82) is 0 Å². The summed E-state index contributed by atoms with van der Waals surface area (Å²) in [7, 11) is 1.58. The van der Waals surface area contributed by atoms with Crippen molar-refractivity contribution >= 4 is 11.9 Å². The molecule has 0 radical (unpaired) electrons. The Labute approximate surface area is 137 Å². The van der Waals surface area contributed by atoms with E-state index in [0.29, 0.717) is 18.8 Å². The maximum Gasteiger partial charge on any atom is 0.306 e. The number of carbonyl (C=O) groups excluding carboxylic acids is 2. The Morgan fingerprint density at radius 1 is 0.957 bits per heavy atom. The first-order valence-electron chi connectivity index (χ1n) is 8.10. The fourth-order valence-electron chi connectivity index (χ4n) is 2.04. The van der Waals surface area contributed by atoms with E-state index in [9.17, 15) is 9.59 Å². The lowest BCUT2D eigenvalue weighted by molar-refractivity contribution is -0.146. The summed E-state index contributed by atoms with van der Waals surface area (Å²) >= 11 is 0. The summed E-state index contributed by atoms with van der Waals surface area (Å²) in [6.45, 7) is 2.73. The second kappa shape index (κ2) is 11.5. The Morgan fingerprint density at radius 3 is 2.35 bits per heavy atom. The van der Waals surface area contributed by atoms with Gasteiger partial charge in [-0.05, 0) is 18.9 Å². The van der Waals surface area contributed by atoms with Gasteiger partial charge in [0.05, 0.1) is 13.7 Å². The van der Waals surface area contributed by atoms with Crippen molar-refractivity contribution in [2.45, 2.75) is 52.1 Å². The predicted octanol–water partition coefficient (Wildman–Crippen LogP) is 3.64. The molecule has 0 aromatic heterocycles. The highest BCUT2D eigenvalue weighted by molar-refractivity contribution is 5.72. The van der Waals surface area contributed by atoms with Crippen LogP contribution in [0.5, 0.6) is 5.75 Å². The number of unbranched alkanes of at least 4 members (excludes halogenated alkanes) is 2. The molecule has 0 N–H and O–H groups in total. The van der Waals surface area contributed by atoms with Crippen molar-refractivity contribution < 1.29 is 23.8 Å². The highest BCUT2D eigenvalue weighted by Gasteiger charge is 2.09. The summed E-state index contributed by atoms with van der Waals surface area (Å²) in [4.78, 5) is 23.1. The molecule has 0 unspecified atom stereocenters. The molecule has 0 aliphatic rings. The summed E-state index contributed by atoms with van der Waals surface area (Å²) in [6, 6.07) is 7.38. The maximum atomic E-state index is 11.7. The number of rotatable bonds is 11. The molecule has 1 rings (SSSR count). The molecule has 0 fully saturated rings. The first-order chi connectivity index (χ1) is 11.2. The van der Waals surface area contributed by atoms with Gasteiger partial charge in [-0.3, -0.25) is 9.59 Å². The number of carbonyl (C=O) groups is 2. The topological polar surface area (TPSA) is 61.8 Å². The van der Waals surface area contributed by atoms with E-state index in [1.54, 1.807) is 7.11 Å². The van der Waals surface area contributed by atoms with Gasteiger partial charge in [0.15, 0.2) is 0 Å². The molecule has 0 saturated carbocycles. The van der Waals surface area contributed by atoms with Crippen LogP contribution in [-0.2, 0) is 25.7 Å². The molecular weight excluding hydrogens is 296 g/mol. The first-order valence-corrected chi connectivity index (χ1v) is 8.10. The number of methoxy groups -OCH3 is 1. The van der Waals surface area contributed by atoms with Crippen LogP contribution in [0.4, 0.5) is 0 Å². The number of benzene rings is 1. The minimum Gasteiger partial charge on any atom is -0.496 e. The number of hydrogen-bond acceptors (Lipinski definition) is 5. The van der Waals surface area contributed by atoms with Crippen LogP contribution in [0, 0.1) is 0 Å². The number of ether oxygens (including phenoxy) is 3. The fourth-order valence-corrected chi connectivity index (χ4v) is 2.04. The van der Waals surface area contributed by atoms with Gasteiger partial charge in [-0.15, -0.1) is 0 Å². The Kier molecular flexibility index (Phi) is 9.52. The molecule has 0 saturated heterocycles. The zero-order valence-electron chi connectivity index (χ0n) is 14.0. The quantitative estimate of drug-likeness (QED) is 0.460. The van der Waals surface area contributed by atoms with E-state index in [1.165, 1.54) is 0 Å². The molecule has 1 aromatic carbocycles. The van der Waals surface area contributed by atoms with Crippen molar-refractivity contribution in [2.24, 2.45) is 0 Å². The Bertz CT molecular complexity index is 484. The van der Waals surface area contributed by atoms with Gasteiger partial charge in [-0.2, -0.15) is 0 Å². The van der Waals surface area contributed by atoms with E-state index in [-0.39, 0.29) is 31.4 Å². The third kappa shape index (κ3) is 8.24. The summed E-state index contributed by atoms with van der Waals surface area (Å²) in [6.07, 6.45) is 3.94. The number of hydrogen-bond donors (Lipinski definition) is 0. The van der Waals surface area contributed by atoms with Crippen LogP contribution in [0.25, 0.3) is 0 Å². The van der Waals surface area contributed by atoms with E-state index in [4.69, 9.17) is 14.2 Å². The minimum absolute atomic E-state index is 0.171. The van der Waals surface area contributed by atoms with Crippen molar-refractivity contribution in [1.82, 2.24) is 0 Å². The SMILES string of the molecule is CCCCCOC(=O)CCCC(=O)OCc1ccccc1OC. The van der Waals surface area contributed by atoms with Crippen LogP contribution < -0.4 is 4.74 Å². The van der Waals surface area contributed by atoms with Gasteiger partial charge in [0.1, 0.15) is 12.4 Å². The molecule has 0 atom stereocenters. The highest BCUT2D eigenvalue weighted by Crippen LogP contribution is 2.18. The summed E-state index contributed by atoms with van der Waals surface area (Å²) in [5.74, 6) is 0.115. The van der Waals surface area contributed by atoms with E-state index >= 15 is 0 Å². The summed E-state index contributed by atoms with van der Waals surface area (Å²) in [5, 5.41) is 0. The Balaban J connectivity index is 2.16. The Hall–Kier alpha value is -2.04. The lowest BCUT2D eigenvalue weighted by Crippen LogP contribution is -2.09. The predicted molar refractivity (Wildman–Crippen MR) is 87.1 cm³/mol. The third-order valence-electron chi connectivity index (χ3n) is 3.35. The Morgan fingerprint density at radius 2 is 1.65 bits per heavy atom. The largest absolute Gasteiger partial charge is 0.496 e. The number of esters is 2. The van der Waals surface area contributed by atoms with Crippen molar-refractivity contribution in [3.05, 3.63) is 29.8 Å². The standard InChI is InChI=1S/C18H26O5/c1-3-4-7-13-22-17(19)11-8-12-18(20)23-14-15-9-5-6-10-16(15)21-2/h5-6,9-10H,3-4,7-8,11-14H2,1-2H3. The van der Waals surface area contributed by atoms with Gasteiger partial charge >= 0.3 is 11.9 Å². The number of para-hydroxylation sites is 1. The normalized spacial score (nSPS) is 10.2. The van der Waals surface area contributed by atoms with Gasteiger partial charge in [0.25, 0.3) is 0 Å². The smallest absolute Gasteiger partial charge is 0.306 e. The molecule has 0 aliphatic carbocycles.